The van der Waals surface area contributed by atoms with Crippen molar-refractivity contribution >= 4 is 17.2 Å². The Morgan fingerprint density at radius 3 is 2.71 bits per heavy atom. The highest BCUT2D eigenvalue weighted by Gasteiger charge is 2.32. The van der Waals surface area contributed by atoms with Gasteiger partial charge in [-0.1, -0.05) is 19.0 Å². The minimum Gasteiger partial charge on any atom is -0.350 e. The highest BCUT2D eigenvalue weighted by molar-refractivity contribution is 7.11. The molecule has 8 heteroatoms. The second kappa shape index (κ2) is 7.79. The minimum atomic E-state index is -0.321. The van der Waals surface area contributed by atoms with Crippen molar-refractivity contribution in [2.24, 2.45) is 5.92 Å². The van der Waals surface area contributed by atoms with Crippen LogP contribution in [0.15, 0.2) is 34.9 Å². The van der Waals surface area contributed by atoms with E-state index >= 15 is 0 Å². The number of aromatic nitrogens is 3. The molecular weight excluding hydrogens is 379 g/mol. The van der Waals surface area contributed by atoms with Crippen molar-refractivity contribution in [2.75, 3.05) is 0 Å². The fourth-order valence-electron chi connectivity index (χ4n) is 3.25. The molecule has 2 aromatic heterocycles. The van der Waals surface area contributed by atoms with E-state index in [2.05, 4.69) is 34.5 Å². The van der Waals surface area contributed by atoms with Gasteiger partial charge in [0.05, 0.1) is 0 Å². The van der Waals surface area contributed by atoms with Crippen molar-refractivity contribution in [3.05, 3.63) is 51.9 Å². The molecule has 2 heterocycles. The molecular formula is C20H21FN4O2S. The van der Waals surface area contributed by atoms with Gasteiger partial charge in [-0.15, -0.1) is 21.5 Å². The van der Waals surface area contributed by atoms with Crippen molar-refractivity contribution in [1.29, 1.82) is 0 Å². The zero-order valence-electron chi connectivity index (χ0n) is 15.7. The first-order valence-corrected chi connectivity index (χ1v) is 10.2. The van der Waals surface area contributed by atoms with E-state index in [4.69, 9.17) is 4.52 Å². The van der Waals surface area contributed by atoms with Crippen LogP contribution in [0, 0.1) is 11.7 Å². The third-order valence-corrected chi connectivity index (χ3v) is 6.13. The van der Waals surface area contributed by atoms with Gasteiger partial charge in [0.2, 0.25) is 5.76 Å². The van der Waals surface area contributed by atoms with Gasteiger partial charge >= 0.3 is 0 Å². The number of nitrogens with one attached hydrogen (secondary N) is 1. The van der Waals surface area contributed by atoms with Crippen molar-refractivity contribution < 1.29 is 13.7 Å². The number of hydrogen-bond donors (Lipinski definition) is 1. The predicted molar refractivity (Wildman–Crippen MR) is 104 cm³/mol. The largest absolute Gasteiger partial charge is 0.350 e. The Morgan fingerprint density at radius 1 is 1.29 bits per heavy atom. The Bertz CT molecular complexity index is 961. The van der Waals surface area contributed by atoms with Crippen LogP contribution in [0.4, 0.5) is 4.39 Å². The first-order valence-electron chi connectivity index (χ1n) is 9.33. The predicted octanol–water partition coefficient (Wildman–Crippen LogP) is 4.21. The number of rotatable bonds is 6. The summed E-state index contributed by atoms with van der Waals surface area (Å²) in [5, 5.41) is 17.5. The minimum absolute atomic E-state index is 0.134. The second-order valence-electron chi connectivity index (χ2n) is 7.48. The molecule has 0 radical (unpaired) electrons. The number of benzene rings is 1. The number of halogens is 1. The normalized spacial score (nSPS) is 18.9. The van der Waals surface area contributed by atoms with Gasteiger partial charge < -0.3 is 9.84 Å². The van der Waals surface area contributed by atoms with Crippen LogP contribution in [-0.4, -0.2) is 27.3 Å². The van der Waals surface area contributed by atoms with Gasteiger partial charge in [0.1, 0.15) is 21.5 Å². The van der Waals surface area contributed by atoms with Crippen LogP contribution in [0.2, 0.25) is 0 Å². The highest BCUT2D eigenvalue weighted by atomic mass is 32.1. The number of amides is 1. The van der Waals surface area contributed by atoms with E-state index in [-0.39, 0.29) is 23.5 Å². The lowest BCUT2D eigenvalue weighted by atomic mass is 9.78. The lowest BCUT2D eigenvalue weighted by Gasteiger charge is -2.35. The average Bonchev–Trinajstić information content (AvgIpc) is 3.30. The number of hydrogen-bond acceptors (Lipinski definition) is 6. The molecule has 1 aromatic carbocycles. The SMILES string of the molecule is CC(C)c1nnc(C[C@H]2C[C@H](NC(=O)c3cc(-c4ccc(F)cc4)no3)C2)s1. The van der Waals surface area contributed by atoms with Crippen LogP contribution in [0.5, 0.6) is 0 Å². The van der Waals surface area contributed by atoms with Crippen molar-refractivity contribution in [2.45, 2.75) is 45.1 Å². The summed E-state index contributed by atoms with van der Waals surface area (Å²) in [6.45, 7) is 4.23. The summed E-state index contributed by atoms with van der Waals surface area (Å²) in [6, 6.07) is 7.61. The van der Waals surface area contributed by atoms with Gasteiger partial charge in [0.25, 0.3) is 5.91 Å². The van der Waals surface area contributed by atoms with Crippen LogP contribution in [0.1, 0.15) is 53.2 Å². The van der Waals surface area contributed by atoms with Gasteiger partial charge in [0.15, 0.2) is 0 Å². The van der Waals surface area contributed by atoms with Gasteiger partial charge in [-0.25, -0.2) is 4.39 Å². The summed E-state index contributed by atoms with van der Waals surface area (Å²) in [6.07, 6.45) is 2.75. The molecule has 1 aliphatic rings. The van der Waals surface area contributed by atoms with Crippen LogP contribution in [0.3, 0.4) is 0 Å². The molecule has 1 fully saturated rings. The highest BCUT2D eigenvalue weighted by Crippen LogP contribution is 2.32. The lowest BCUT2D eigenvalue weighted by Crippen LogP contribution is -2.44. The quantitative estimate of drug-likeness (QED) is 0.670. The number of carbonyl (C=O) groups is 1. The van der Waals surface area contributed by atoms with Gasteiger partial charge in [-0.2, -0.15) is 0 Å². The van der Waals surface area contributed by atoms with Gasteiger partial charge in [-0.3, -0.25) is 4.79 Å². The molecule has 0 aliphatic heterocycles. The van der Waals surface area contributed by atoms with E-state index in [1.54, 1.807) is 29.5 Å². The van der Waals surface area contributed by atoms with Crippen LogP contribution in [-0.2, 0) is 6.42 Å². The molecule has 1 aliphatic carbocycles. The fraction of sp³-hybridized carbons (Fsp3) is 0.400. The summed E-state index contributed by atoms with van der Waals surface area (Å²) in [7, 11) is 0. The Labute approximate surface area is 166 Å². The molecule has 3 aromatic rings. The summed E-state index contributed by atoms with van der Waals surface area (Å²) >= 11 is 1.68. The standard InChI is InChI=1S/C20H21FN4O2S/c1-11(2)20-24-23-18(28-20)9-12-7-15(8-12)22-19(26)17-10-16(25-27-17)13-3-5-14(21)6-4-13/h3-6,10-12,15H,7-9H2,1-2H3,(H,22,26)/t12-,15-. The molecule has 4 rings (SSSR count). The maximum atomic E-state index is 13.0. The zero-order valence-corrected chi connectivity index (χ0v) is 16.5. The average molecular weight is 400 g/mol. The molecule has 146 valence electrons. The van der Waals surface area contributed by atoms with Crippen molar-refractivity contribution in [3.8, 4) is 11.3 Å². The molecule has 1 amide bonds. The van der Waals surface area contributed by atoms with E-state index in [0.29, 0.717) is 23.1 Å². The molecule has 0 saturated heterocycles. The topological polar surface area (TPSA) is 80.9 Å². The number of carbonyl (C=O) groups excluding carboxylic acids is 1. The van der Waals surface area contributed by atoms with E-state index in [9.17, 15) is 9.18 Å². The van der Waals surface area contributed by atoms with Crippen molar-refractivity contribution in [1.82, 2.24) is 20.7 Å². The fourth-order valence-corrected chi connectivity index (χ4v) is 4.20. The number of nitrogens with zero attached hydrogens (tertiary/aromatic N) is 3. The van der Waals surface area contributed by atoms with Gasteiger partial charge in [0, 0.05) is 30.0 Å². The molecule has 0 unspecified atom stereocenters. The first-order chi connectivity index (χ1) is 13.5. The molecule has 1 N–H and O–H groups in total. The maximum absolute atomic E-state index is 13.0. The molecule has 6 nitrogen and oxygen atoms in total. The van der Waals surface area contributed by atoms with Crippen LogP contribution >= 0.6 is 11.3 Å². The third-order valence-electron chi connectivity index (χ3n) is 4.88. The van der Waals surface area contributed by atoms with Crippen LogP contribution < -0.4 is 5.32 Å². The van der Waals surface area contributed by atoms with E-state index in [1.807, 2.05) is 0 Å². The molecule has 0 atom stereocenters. The Morgan fingerprint density at radius 2 is 2.04 bits per heavy atom. The summed E-state index contributed by atoms with van der Waals surface area (Å²) < 4.78 is 18.2. The van der Waals surface area contributed by atoms with E-state index < -0.39 is 0 Å². The first kappa shape index (κ1) is 18.7. The summed E-state index contributed by atoms with van der Waals surface area (Å²) in [5.41, 5.74) is 1.21. The zero-order chi connectivity index (χ0) is 19.7. The molecule has 28 heavy (non-hydrogen) atoms. The van der Waals surface area contributed by atoms with E-state index in [1.165, 1.54) is 12.1 Å². The molecule has 0 bridgehead atoms. The Hall–Kier alpha value is -2.61. The monoisotopic (exact) mass is 400 g/mol. The lowest BCUT2D eigenvalue weighted by molar-refractivity contribution is 0.0852. The third kappa shape index (κ3) is 4.11. The van der Waals surface area contributed by atoms with Gasteiger partial charge in [-0.05, 0) is 43.0 Å². The smallest absolute Gasteiger partial charge is 0.290 e. The molecule has 0 spiro atoms. The Kier molecular flexibility index (Phi) is 5.21. The Balaban J connectivity index is 1.28. The van der Waals surface area contributed by atoms with Crippen molar-refractivity contribution in [3.63, 3.8) is 0 Å². The second-order valence-corrected chi connectivity index (χ2v) is 8.58. The maximum Gasteiger partial charge on any atom is 0.290 e. The summed E-state index contributed by atoms with van der Waals surface area (Å²) in [5.74, 6) is 0.485. The summed E-state index contributed by atoms with van der Waals surface area (Å²) in [4.78, 5) is 12.4. The van der Waals surface area contributed by atoms with Crippen LogP contribution in [0.25, 0.3) is 11.3 Å². The van der Waals surface area contributed by atoms with E-state index in [0.717, 1.165) is 29.3 Å². The molecule has 1 saturated carbocycles.